The number of hydrogen-bond acceptors (Lipinski definition) is 2. The smallest absolute Gasteiger partial charge is 0.267 e. The minimum Gasteiger partial charge on any atom is -0.350 e. The lowest BCUT2D eigenvalue weighted by Crippen LogP contribution is -2.30. The van der Waals surface area contributed by atoms with Crippen molar-refractivity contribution < 1.29 is 4.79 Å². The highest BCUT2D eigenvalue weighted by atomic mass is 35.5. The summed E-state index contributed by atoms with van der Waals surface area (Å²) in [5.74, 6) is 0.352. The quantitative estimate of drug-likeness (QED) is 0.776. The largest absolute Gasteiger partial charge is 0.350 e. The molecule has 1 atom stereocenters. The van der Waals surface area contributed by atoms with Gasteiger partial charge >= 0.3 is 0 Å². The van der Waals surface area contributed by atoms with Crippen molar-refractivity contribution in [1.82, 2.24) is 15.6 Å². The molecule has 0 radical (unpaired) electrons. The molecule has 1 aromatic heterocycles. The Labute approximate surface area is 104 Å². The van der Waals surface area contributed by atoms with E-state index in [-0.39, 0.29) is 5.91 Å². The molecular weight excluding hydrogens is 249 g/mol. The van der Waals surface area contributed by atoms with E-state index in [0.717, 1.165) is 19.5 Å². The first-order chi connectivity index (χ1) is 7.66. The SMILES string of the molecule is O=C(NCC1CCNC1)c1cc(Cl)c(Cl)[nH]1. The van der Waals surface area contributed by atoms with Crippen LogP contribution < -0.4 is 10.6 Å². The molecule has 2 heterocycles. The maximum Gasteiger partial charge on any atom is 0.267 e. The van der Waals surface area contributed by atoms with Crippen molar-refractivity contribution in [2.45, 2.75) is 6.42 Å². The lowest BCUT2D eigenvalue weighted by molar-refractivity contribution is 0.0944. The third-order valence-electron chi connectivity index (χ3n) is 2.68. The van der Waals surface area contributed by atoms with E-state index < -0.39 is 0 Å². The number of aromatic amines is 1. The zero-order chi connectivity index (χ0) is 11.5. The Kier molecular flexibility index (Phi) is 3.74. The summed E-state index contributed by atoms with van der Waals surface area (Å²) in [5.41, 5.74) is 0.404. The van der Waals surface area contributed by atoms with Crippen LogP contribution in [0.1, 0.15) is 16.9 Å². The van der Waals surface area contributed by atoms with E-state index in [1.54, 1.807) is 0 Å². The Morgan fingerprint density at radius 1 is 1.56 bits per heavy atom. The van der Waals surface area contributed by atoms with Gasteiger partial charge in [-0.25, -0.2) is 0 Å². The molecule has 0 aromatic carbocycles. The van der Waals surface area contributed by atoms with Crippen LogP contribution in [0, 0.1) is 5.92 Å². The lowest BCUT2D eigenvalue weighted by atomic mass is 10.1. The number of H-pyrrole nitrogens is 1. The summed E-state index contributed by atoms with van der Waals surface area (Å²) in [6.45, 7) is 2.67. The topological polar surface area (TPSA) is 56.9 Å². The zero-order valence-corrected chi connectivity index (χ0v) is 10.2. The van der Waals surface area contributed by atoms with Gasteiger partial charge in [0.2, 0.25) is 0 Å². The van der Waals surface area contributed by atoms with Crippen LogP contribution in [0.25, 0.3) is 0 Å². The molecule has 16 heavy (non-hydrogen) atoms. The fourth-order valence-corrected chi connectivity index (χ4v) is 2.06. The zero-order valence-electron chi connectivity index (χ0n) is 8.65. The van der Waals surface area contributed by atoms with Crippen molar-refractivity contribution in [2.75, 3.05) is 19.6 Å². The maximum absolute atomic E-state index is 11.7. The molecule has 1 amide bonds. The first-order valence-corrected chi connectivity index (χ1v) is 5.95. The van der Waals surface area contributed by atoms with E-state index in [9.17, 15) is 4.79 Å². The summed E-state index contributed by atoms with van der Waals surface area (Å²) in [5, 5.41) is 6.77. The fraction of sp³-hybridized carbons (Fsp3) is 0.500. The van der Waals surface area contributed by atoms with Gasteiger partial charge in [-0.15, -0.1) is 0 Å². The van der Waals surface area contributed by atoms with Crippen molar-refractivity contribution in [3.05, 3.63) is 21.9 Å². The third-order valence-corrected chi connectivity index (χ3v) is 3.38. The first kappa shape index (κ1) is 11.8. The maximum atomic E-state index is 11.7. The molecule has 2 rings (SSSR count). The molecule has 0 spiro atoms. The summed E-state index contributed by atoms with van der Waals surface area (Å²) < 4.78 is 0. The Morgan fingerprint density at radius 3 is 2.94 bits per heavy atom. The van der Waals surface area contributed by atoms with Gasteiger partial charge in [0.25, 0.3) is 5.91 Å². The van der Waals surface area contributed by atoms with Crippen molar-refractivity contribution in [1.29, 1.82) is 0 Å². The molecule has 1 aliphatic rings. The minimum atomic E-state index is -0.166. The summed E-state index contributed by atoms with van der Waals surface area (Å²) in [4.78, 5) is 14.4. The van der Waals surface area contributed by atoms with Gasteiger partial charge in [0.1, 0.15) is 10.8 Å². The van der Waals surface area contributed by atoms with Crippen molar-refractivity contribution >= 4 is 29.1 Å². The Morgan fingerprint density at radius 2 is 2.38 bits per heavy atom. The Hall–Kier alpha value is -0.710. The van der Waals surface area contributed by atoms with Gasteiger partial charge in [-0.1, -0.05) is 23.2 Å². The normalized spacial score (nSPS) is 20.0. The van der Waals surface area contributed by atoms with Crippen molar-refractivity contribution in [3.63, 3.8) is 0 Å². The number of halogens is 2. The number of nitrogens with one attached hydrogen (secondary N) is 3. The number of amides is 1. The molecule has 1 aromatic rings. The molecule has 1 aliphatic heterocycles. The average molecular weight is 262 g/mol. The second kappa shape index (κ2) is 5.08. The lowest BCUT2D eigenvalue weighted by Gasteiger charge is -2.08. The van der Waals surface area contributed by atoms with Crippen LogP contribution >= 0.6 is 23.2 Å². The molecule has 4 nitrogen and oxygen atoms in total. The van der Waals surface area contributed by atoms with E-state index >= 15 is 0 Å². The highest BCUT2D eigenvalue weighted by molar-refractivity contribution is 6.41. The van der Waals surface area contributed by atoms with Crippen LogP contribution in [0.15, 0.2) is 6.07 Å². The fourth-order valence-electron chi connectivity index (χ4n) is 1.75. The average Bonchev–Trinajstić information content (AvgIpc) is 2.86. The molecule has 1 saturated heterocycles. The van der Waals surface area contributed by atoms with Gasteiger partial charge < -0.3 is 15.6 Å². The van der Waals surface area contributed by atoms with Crippen molar-refractivity contribution in [2.24, 2.45) is 5.92 Å². The molecule has 0 aliphatic carbocycles. The van der Waals surface area contributed by atoms with Gasteiger partial charge in [-0.2, -0.15) is 0 Å². The van der Waals surface area contributed by atoms with E-state index in [4.69, 9.17) is 23.2 Å². The predicted octanol–water partition coefficient (Wildman–Crippen LogP) is 1.66. The van der Waals surface area contributed by atoms with Gasteiger partial charge in [0, 0.05) is 6.54 Å². The monoisotopic (exact) mass is 261 g/mol. The number of hydrogen-bond donors (Lipinski definition) is 3. The molecule has 6 heteroatoms. The van der Waals surface area contributed by atoms with Gasteiger partial charge in [-0.3, -0.25) is 4.79 Å². The van der Waals surface area contributed by atoms with Crippen LogP contribution in [0.2, 0.25) is 10.2 Å². The number of aromatic nitrogens is 1. The second-order valence-electron chi connectivity index (χ2n) is 3.91. The highest BCUT2D eigenvalue weighted by Crippen LogP contribution is 2.21. The minimum absolute atomic E-state index is 0.166. The number of carbonyl (C=O) groups excluding carboxylic acids is 1. The molecule has 1 unspecified atom stereocenters. The molecule has 0 saturated carbocycles. The van der Waals surface area contributed by atoms with Crippen molar-refractivity contribution in [3.8, 4) is 0 Å². The summed E-state index contributed by atoms with van der Waals surface area (Å²) >= 11 is 11.5. The first-order valence-electron chi connectivity index (χ1n) is 5.19. The molecule has 0 bridgehead atoms. The van der Waals surface area contributed by atoms with Crippen LogP contribution in [0.3, 0.4) is 0 Å². The van der Waals surface area contributed by atoms with Crippen LogP contribution in [0.5, 0.6) is 0 Å². The highest BCUT2D eigenvalue weighted by Gasteiger charge is 2.17. The molecule has 1 fully saturated rings. The Balaban J connectivity index is 1.87. The number of carbonyl (C=O) groups is 1. The van der Waals surface area contributed by atoms with E-state index in [2.05, 4.69) is 15.6 Å². The van der Waals surface area contributed by atoms with E-state index in [0.29, 0.717) is 28.3 Å². The Bertz CT molecular complexity index is 366. The number of rotatable bonds is 3. The summed E-state index contributed by atoms with van der Waals surface area (Å²) in [7, 11) is 0. The van der Waals surface area contributed by atoms with Gasteiger partial charge in [-0.05, 0) is 31.5 Å². The van der Waals surface area contributed by atoms with Gasteiger partial charge in [0.15, 0.2) is 0 Å². The van der Waals surface area contributed by atoms with Crippen LogP contribution in [-0.4, -0.2) is 30.5 Å². The van der Waals surface area contributed by atoms with E-state index in [1.165, 1.54) is 6.07 Å². The van der Waals surface area contributed by atoms with Gasteiger partial charge in [0.05, 0.1) is 5.02 Å². The second-order valence-corrected chi connectivity index (χ2v) is 4.70. The van der Waals surface area contributed by atoms with E-state index in [1.807, 2.05) is 0 Å². The molecule has 88 valence electrons. The summed E-state index contributed by atoms with van der Waals surface area (Å²) in [6.07, 6.45) is 1.10. The standard InChI is InChI=1S/C10H13Cl2N3O/c11-7-3-8(15-9(7)12)10(16)14-5-6-1-2-13-4-6/h3,6,13,15H,1-2,4-5H2,(H,14,16). The summed E-state index contributed by atoms with van der Waals surface area (Å²) in [6, 6.07) is 1.53. The molecular formula is C10H13Cl2N3O. The third kappa shape index (κ3) is 2.70. The van der Waals surface area contributed by atoms with Crippen LogP contribution in [0.4, 0.5) is 0 Å². The predicted molar refractivity (Wildman–Crippen MR) is 64.1 cm³/mol. The van der Waals surface area contributed by atoms with Crippen LogP contribution in [-0.2, 0) is 0 Å². The molecule has 3 N–H and O–H groups in total.